The molecule has 0 spiro atoms. The molecule has 5 nitrogen and oxygen atoms in total. The van der Waals surface area contributed by atoms with E-state index in [9.17, 15) is 4.79 Å². The van der Waals surface area contributed by atoms with Gasteiger partial charge >= 0.3 is 0 Å². The molecular formula is C19H21N3O2S. The Morgan fingerprint density at radius 3 is 2.76 bits per heavy atom. The quantitative estimate of drug-likeness (QED) is 0.640. The Balaban J connectivity index is 1.73. The summed E-state index contributed by atoms with van der Waals surface area (Å²) in [6, 6.07) is 12.1. The van der Waals surface area contributed by atoms with Crippen LogP contribution in [0.15, 0.2) is 52.5 Å². The maximum absolute atomic E-state index is 12.9. The van der Waals surface area contributed by atoms with Crippen LogP contribution in [0.2, 0.25) is 0 Å². The second-order valence-electron chi connectivity index (χ2n) is 6.05. The van der Waals surface area contributed by atoms with Gasteiger partial charge in [0.05, 0.1) is 6.54 Å². The van der Waals surface area contributed by atoms with E-state index in [1.165, 1.54) is 5.56 Å². The van der Waals surface area contributed by atoms with E-state index in [-0.39, 0.29) is 11.9 Å². The lowest BCUT2D eigenvalue weighted by Crippen LogP contribution is -2.38. The Morgan fingerprint density at radius 2 is 2.12 bits per heavy atom. The average Bonchev–Trinajstić information content (AvgIpc) is 3.29. The van der Waals surface area contributed by atoms with Crippen molar-refractivity contribution in [3.63, 3.8) is 0 Å². The summed E-state index contributed by atoms with van der Waals surface area (Å²) in [7, 11) is 0. The fourth-order valence-corrected chi connectivity index (χ4v) is 3.31. The van der Waals surface area contributed by atoms with Crippen LogP contribution in [0.25, 0.3) is 0 Å². The molecule has 25 heavy (non-hydrogen) atoms. The summed E-state index contributed by atoms with van der Waals surface area (Å²) in [6.45, 7) is 4.34. The molecule has 0 saturated carbocycles. The third-order valence-electron chi connectivity index (χ3n) is 4.12. The monoisotopic (exact) mass is 355 g/mol. The van der Waals surface area contributed by atoms with Gasteiger partial charge in [-0.3, -0.25) is 4.79 Å². The van der Waals surface area contributed by atoms with E-state index in [1.807, 2.05) is 28.5 Å². The number of thiazole rings is 1. The number of aryl methyl sites for hydroxylation is 2. The second-order valence-corrected chi connectivity index (χ2v) is 7.03. The minimum atomic E-state index is -0.118. The van der Waals surface area contributed by atoms with Crippen LogP contribution in [0.3, 0.4) is 0 Å². The van der Waals surface area contributed by atoms with Crippen molar-refractivity contribution in [3.05, 3.63) is 70.0 Å². The van der Waals surface area contributed by atoms with Crippen molar-refractivity contribution in [2.45, 2.75) is 39.3 Å². The number of aromatic nitrogens is 2. The largest absolute Gasteiger partial charge is 0.361 e. The molecule has 1 unspecified atom stereocenters. The number of rotatable bonds is 7. The number of hydrogen-bond donors (Lipinski definition) is 0. The fourth-order valence-electron chi connectivity index (χ4n) is 2.69. The van der Waals surface area contributed by atoms with Crippen LogP contribution in [0.4, 0.5) is 0 Å². The third kappa shape index (κ3) is 4.54. The highest BCUT2D eigenvalue weighted by Gasteiger charge is 2.25. The van der Waals surface area contributed by atoms with Gasteiger partial charge in [0.1, 0.15) is 10.8 Å². The number of carbonyl (C=O) groups excluding carboxylic acids is 1. The molecule has 2 heterocycles. The average molecular weight is 355 g/mol. The highest BCUT2D eigenvalue weighted by molar-refractivity contribution is 7.09. The molecule has 0 N–H and O–H groups in total. The predicted octanol–water partition coefficient (Wildman–Crippen LogP) is 4.10. The number of carbonyl (C=O) groups is 1. The van der Waals surface area contributed by atoms with Crippen LogP contribution >= 0.6 is 11.3 Å². The first kappa shape index (κ1) is 17.4. The van der Waals surface area contributed by atoms with E-state index in [4.69, 9.17) is 4.52 Å². The van der Waals surface area contributed by atoms with Crippen molar-refractivity contribution < 1.29 is 9.32 Å². The smallest absolute Gasteiger partial charge is 0.276 e. The van der Waals surface area contributed by atoms with Crippen LogP contribution in [0.5, 0.6) is 0 Å². The molecule has 0 radical (unpaired) electrons. The van der Waals surface area contributed by atoms with Gasteiger partial charge < -0.3 is 9.42 Å². The van der Waals surface area contributed by atoms with E-state index in [0.717, 1.165) is 17.8 Å². The standard InChI is InChI=1S/C19H21N3O2S/c1-14(8-9-16-6-4-3-5-7-16)22(13-18-20-10-11-25-18)19(23)17-12-15(2)24-21-17/h3-7,10-12,14H,8-9,13H2,1-2H3. The van der Waals surface area contributed by atoms with Gasteiger partial charge in [0, 0.05) is 23.7 Å². The maximum atomic E-state index is 12.9. The molecule has 0 bridgehead atoms. The molecule has 1 atom stereocenters. The summed E-state index contributed by atoms with van der Waals surface area (Å²) in [6.07, 6.45) is 3.55. The first-order valence-electron chi connectivity index (χ1n) is 8.30. The Kier molecular flexibility index (Phi) is 5.60. The molecule has 2 aromatic heterocycles. The zero-order chi connectivity index (χ0) is 17.6. The van der Waals surface area contributed by atoms with Gasteiger partial charge in [0.2, 0.25) is 0 Å². The second kappa shape index (κ2) is 8.07. The minimum absolute atomic E-state index is 0.0635. The topological polar surface area (TPSA) is 59.2 Å². The molecule has 3 aromatic rings. The van der Waals surface area contributed by atoms with Crippen molar-refractivity contribution in [1.29, 1.82) is 0 Å². The summed E-state index contributed by atoms with van der Waals surface area (Å²) < 4.78 is 5.07. The van der Waals surface area contributed by atoms with Crippen molar-refractivity contribution in [3.8, 4) is 0 Å². The van der Waals surface area contributed by atoms with Crippen LogP contribution < -0.4 is 0 Å². The molecule has 0 aliphatic rings. The maximum Gasteiger partial charge on any atom is 0.276 e. The van der Waals surface area contributed by atoms with Crippen LogP contribution in [0.1, 0.15) is 40.2 Å². The van der Waals surface area contributed by atoms with Crippen molar-refractivity contribution in [2.24, 2.45) is 0 Å². The Bertz CT molecular complexity index is 799. The van der Waals surface area contributed by atoms with Gasteiger partial charge in [0.15, 0.2) is 5.69 Å². The summed E-state index contributed by atoms with van der Waals surface area (Å²) in [4.78, 5) is 19.1. The number of amides is 1. The molecule has 0 saturated heterocycles. The van der Waals surface area contributed by atoms with Crippen molar-refractivity contribution >= 4 is 17.2 Å². The first-order chi connectivity index (χ1) is 12.1. The minimum Gasteiger partial charge on any atom is -0.361 e. The van der Waals surface area contributed by atoms with Crippen molar-refractivity contribution in [1.82, 2.24) is 15.0 Å². The van der Waals surface area contributed by atoms with E-state index < -0.39 is 0 Å². The number of benzene rings is 1. The molecule has 0 fully saturated rings. The van der Waals surface area contributed by atoms with Gasteiger partial charge in [-0.2, -0.15) is 0 Å². The summed E-state index contributed by atoms with van der Waals surface area (Å²) >= 11 is 1.55. The Hall–Kier alpha value is -2.47. The lowest BCUT2D eigenvalue weighted by atomic mass is 10.0. The normalized spacial score (nSPS) is 12.1. The molecule has 1 aromatic carbocycles. The number of hydrogen-bond acceptors (Lipinski definition) is 5. The Morgan fingerprint density at radius 1 is 1.32 bits per heavy atom. The van der Waals surface area contributed by atoms with E-state index in [2.05, 4.69) is 29.2 Å². The van der Waals surface area contributed by atoms with E-state index >= 15 is 0 Å². The summed E-state index contributed by atoms with van der Waals surface area (Å²) in [5.74, 6) is 0.516. The van der Waals surface area contributed by atoms with Gasteiger partial charge in [-0.15, -0.1) is 11.3 Å². The summed E-state index contributed by atoms with van der Waals surface area (Å²) in [5.41, 5.74) is 1.62. The molecule has 1 amide bonds. The number of nitrogens with zero attached hydrogens (tertiary/aromatic N) is 3. The summed E-state index contributed by atoms with van der Waals surface area (Å²) in [5, 5.41) is 6.72. The SMILES string of the molecule is Cc1cc(C(=O)N(Cc2nccs2)C(C)CCc2ccccc2)no1. The Labute approximate surface area is 151 Å². The van der Waals surface area contributed by atoms with Gasteiger partial charge in [-0.1, -0.05) is 35.5 Å². The zero-order valence-electron chi connectivity index (χ0n) is 14.4. The highest BCUT2D eigenvalue weighted by Crippen LogP contribution is 2.18. The van der Waals surface area contributed by atoms with E-state index in [0.29, 0.717) is 18.0 Å². The van der Waals surface area contributed by atoms with Crippen molar-refractivity contribution in [2.75, 3.05) is 0 Å². The lowest BCUT2D eigenvalue weighted by molar-refractivity contribution is 0.0656. The van der Waals surface area contributed by atoms with Crippen LogP contribution in [-0.4, -0.2) is 27.0 Å². The molecule has 0 aliphatic carbocycles. The molecule has 6 heteroatoms. The van der Waals surface area contributed by atoms with Crippen LogP contribution in [-0.2, 0) is 13.0 Å². The molecule has 3 rings (SSSR count). The third-order valence-corrected chi connectivity index (χ3v) is 4.89. The fraction of sp³-hybridized carbons (Fsp3) is 0.316. The van der Waals surface area contributed by atoms with E-state index in [1.54, 1.807) is 30.5 Å². The molecule has 0 aliphatic heterocycles. The molecular weight excluding hydrogens is 334 g/mol. The lowest BCUT2D eigenvalue weighted by Gasteiger charge is -2.28. The highest BCUT2D eigenvalue weighted by atomic mass is 32.1. The van der Waals surface area contributed by atoms with Crippen LogP contribution in [0, 0.1) is 6.92 Å². The van der Waals surface area contributed by atoms with Gasteiger partial charge in [-0.25, -0.2) is 4.98 Å². The predicted molar refractivity (Wildman–Crippen MR) is 97.5 cm³/mol. The molecule has 130 valence electrons. The van der Waals surface area contributed by atoms with Gasteiger partial charge in [-0.05, 0) is 32.3 Å². The van der Waals surface area contributed by atoms with Gasteiger partial charge in [0.25, 0.3) is 5.91 Å². The first-order valence-corrected chi connectivity index (χ1v) is 9.18. The zero-order valence-corrected chi connectivity index (χ0v) is 15.2.